The summed E-state index contributed by atoms with van der Waals surface area (Å²) >= 11 is 11.8. The molecule has 2 aromatic rings. The van der Waals surface area contributed by atoms with Gasteiger partial charge in [0, 0.05) is 12.1 Å². The summed E-state index contributed by atoms with van der Waals surface area (Å²) in [6.45, 7) is 0.129. The molecule has 0 atom stereocenters. The molecule has 0 aliphatic heterocycles. The number of halogens is 4. The molecule has 0 saturated heterocycles. The molecule has 0 spiro atoms. The van der Waals surface area contributed by atoms with Crippen molar-refractivity contribution in [1.82, 2.24) is 0 Å². The van der Waals surface area contributed by atoms with Crippen LogP contribution in [0, 0.1) is 11.6 Å². The van der Waals surface area contributed by atoms with E-state index in [9.17, 15) is 8.78 Å². The molecule has 0 aromatic heterocycles. The molecular formula is C13H9Cl2F2N. The Morgan fingerprint density at radius 2 is 1.83 bits per heavy atom. The molecule has 1 N–H and O–H groups in total. The van der Waals surface area contributed by atoms with Crippen molar-refractivity contribution in [1.29, 1.82) is 0 Å². The Morgan fingerprint density at radius 3 is 2.61 bits per heavy atom. The zero-order chi connectivity index (χ0) is 13.1. The lowest BCUT2D eigenvalue weighted by molar-refractivity contribution is 0.587. The average molecular weight is 288 g/mol. The molecule has 2 aromatic carbocycles. The molecule has 0 fully saturated rings. The van der Waals surface area contributed by atoms with E-state index >= 15 is 0 Å². The van der Waals surface area contributed by atoms with Gasteiger partial charge in [-0.15, -0.1) is 0 Å². The number of hydrogen-bond acceptors (Lipinski definition) is 1. The Morgan fingerprint density at radius 1 is 1.06 bits per heavy atom. The van der Waals surface area contributed by atoms with Crippen molar-refractivity contribution < 1.29 is 8.78 Å². The van der Waals surface area contributed by atoms with Gasteiger partial charge in [-0.2, -0.15) is 0 Å². The van der Waals surface area contributed by atoms with Crippen molar-refractivity contribution in [2.24, 2.45) is 0 Å². The highest BCUT2D eigenvalue weighted by Crippen LogP contribution is 2.29. The first kappa shape index (κ1) is 13.1. The van der Waals surface area contributed by atoms with Crippen molar-refractivity contribution in [3.63, 3.8) is 0 Å². The minimum absolute atomic E-state index is 0.129. The van der Waals surface area contributed by atoms with Gasteiger partial charge < -0.3 is 5.32 Å². The number of anilines is 1. The molecule has 0 bridgehead atoms. The van der Waals surface area contributed by atoms with E-state index in [0.717, 1.165) is 18.2 Å². The smallest absolute Gasteiger partial charge is 0.128 e. The average Bonchev–Trinajstić information content (AvgIpc) is 2.35. The number of rotatable bonds is 3. The van der Waals surface area contributed by atoms with Crippen LogP contribution in [0.25, 0.3) is 0 Å². The van der Waals surface area contributed by atoms with E-state index in [1.807, 2.05) is 0 Å². The first-order chi connectivity index (χ1) is 8.58. The quantitative estimate of drug-likeness (QED) is 0.848. The van der Waals surface area contributed by atoms with E-state index in [2.05, 4.69) is 5.32 Å². The monoisotopic (exact) mass is 287 g/mol. The molecule has 5 heteroatoms. The van der Waals surface area contributed by atoms with Crippen LogP contribution in [0.2, 0.25) is 10.0 Å². The van der Waals surface area contributed by atoms with Crippen LogP contribution < -0.4 is 5.32 Å². The minimum atomic E-state index is -0.481. The van der Waals surface area contributed by atoms with E-state index in [0.29, 0.717) is 15.7 Å². The second kappa shape index (κ2) is 5.55. The largest absolute Gasteiger partial charge is 0.380 e. The fourth-order valence-corrected chi connectivity index (χ4v) is 1.88. The van der Waals surface area contributed by atoms with Gasteiger partial charge in [0.25, 0.3) is 0 Å². The SMILES string of the molecule is Fc1ccc(F)c(CNc2cccc(Cl)c2Cl)c1. The highest BCUT2D eigenvalue weighted by Gasteiger charge is 2.07. The third kappa shape index (κ3) is 2.92. The number of nitrogens with one attached hydrogen (secondary N) is 1. The first-order valence-electron chi connectivity index (χ1n) is 5.20. The molecule has 0 heterocycles. The Hall–Kier alpha value is -1.32. The highest BCUT2D eigenvalue weighted by atomic mass is 35.5. The predicted molar refractivity (Wildman–Crippen MR) is 70.1 cm³/mol. The number of hydrogen-bond donors (Lipinski definition) is 1. The molecule has 18 heavy (non-hydrogen) atoms. The fourth-order valence-electron chi connectivity index (χ4n) is 1.51. The van der Waals surface area contributed by atoms with Crippen LogP contribution in [0.1, 0.15) is 5.56 Å². The summed E-state index contributed by atoms with van der Waals surface area (Å²) in [5, 5.41) is 3.68. The van der Waals surface area contributed by atoms with E-state index in [1.165, 1.54) is 0 Å². The lowest BCUT2D eigenvalue weighted by Gasteiger charge is -2.10. The predicted octanol–water partition coefficient (Wildman–Crippen LogP) is 4.88. The van der Waals surface area contributed by atoms with Crippen LogP contribution in [-0.4, -0.2) is 0 Å². The van der Waals surface area contributed by atoms with Crippen LogP contribution in [0.3, 0.4) is 0 Å². The lowest BCUT2D eigenvalue weighted by atomic mass is 10.2. The van der Waals surface area contributed by atoms with Gasteiger partial charge in [-0.1, -0.05) is 29.3 Å². The normalized spacial score (nSPS) is 10.4. The van der Waals surface area contributed by atoms with Gasteiger partial charge in [0.15, 0.2) is 0 Å². The van der Waals surface area contributed by atoms with Gasteiger partial charge in [0.05, 0.1) is 15.7 Å². The van der Waals surface area contributed by atoms with Gasteiger partial charge in [0.1, 0.15) is 11.6 Å². The third-order valence-electron chi connectivity index (χ3n) is 2.43. The van der Waals surface area contributed by atoms with E-state index in [4.69, 9.17) is 23.2 Å². The van der Waals surface area contributed by atoms with Crippen LogP contribution in [-0.2, 0) is 6.54 Å². The van der Waals surface area contributed by atoms with Gasteiger partial charge in [-0.25, -0.2) is 8.78 Å². The molecule has 0 amide bonds. The molecule has 1 nitrogen and oxygen atoms in total. The summed E-state index contributed by atoms with van der Waals surface area (Å²) in [7, 11) is 0. The molecular weight excluding hydrogens is 279 g/mol. The zero-order valence-electron chi connectivity index (χ0n) is 9.18. The second-order valence-electron chi connectivity index (χ2n) is 3.69. The van der Waals surface area contributed by atoms with Gasteiger partial charge in [-0.05, 0) is 30.3 Å². The van der Waals surface area contributed by atoms with Crippen LogP contribution in [0.15, 0.2) is 36.4 Å². The third-order valence-corrected chi connectivity index (χ3v) is 3.25. The molecule has 0 unspecified atom stereocenters. The van der Waals surface area contributed by atoms with Crippen molar-refractivity contribution in [2.75, 3.05) is 5.32 Å². The van der Waals surface area contributed by atoms with Crippen molar-refractivity contribution in [3.8, 4) is 0 Å². The molecule has 94 valence electrons. The summed E-state index contributed by atoms with van der Waals surface area (Å²) in [6, 6.07) is 8.39. The maximum atomic E-state index is 13.4. The van der Waals surface area contributed by atoms with E-state index in [1.54, 1.807) is 18.2 Å². The van der Waals surface area contributed by atoms with E-state index < -0.39 is 11.6 Å². The Kier molecular flexibility index (Phi) is 4.04. The summed E-state index contributed by atoms with van der Waals surface area (Å²) in [5.74, 6) is -0.951. The summed E-state index contributed by atoms with van der Waals surface area (Å²) in [5.41, 5.74) is 0.805. The highest BCUT2D eigenvalue weighted by molar-refractivity contribution is 6.43. The summed E-state index contributed by atoms with van der Waals surface area (Å²) in [6.07, 6.45) is 0. The van der Waals surface area contributed by atoms with Crippen LogP contribution >= 0.6 is 23.2 Å². The molecule has 0 aliphatic carbocycles. The van der Waals surface area contributed by atoms with Crippen molar-refractivity contribution >= 4 is 28.9 Å². The van der Waals surface area contributed by atoms with Crippen LogP contribution in [0.5, 0.6) is 0 Å². The fraction of sp³-hybridized carbons (Fsp3) is 0.0769. The number of benzene rings is 2. The zero-order valence-corrected chi connectivity index (χ0v) is 10.7. The minimum Gasteiger partial charge on any atom is -0.380 e. The van der Waals surface area contributed by atoms with Crippen LogP contribution in [0.4, 0.5) is 14.5 Å². The molecule has 2 rings (SSSR count). The topological polar surface area (TPSA) is 12.0 Å². The van der Waals surface area contributed by atoms with Crippen molar-refractivity contribution in [3.05, 3.63) is 63.6 Å². The Balaban J connectivity index is 2.16. The Labute approximate surface area is 113 Å². The lowest BCUT2D eigenvalue weighted by Crippen LogP contribution is -2.03. The summed E-state index contributed by atoms with van der Waals surface area (Å²) in [4.78, 5) is 0. The molecule has 0 aliphatic rings. The summed E-state index contributed by atoms with van der Waals surface area (Å²) < 4.78 is 26.4. The first-order valence-corrected chi connectivity index (χ1v) is 5.95. The van der Waals surface area contributed by atoms with Gasteiger partial charge in [0.2, 0.25) is 0 Å². The Bertz CT molecular complexity index is 571. The standard InChI is InChI=1S/C13H9Cl2F2N/c14-10-2-1-3-12(13(10)15)18-7-8-6-9(16)4-5-11(8)17/h1-6,18H,7H2. The molecule has 0 radical (unpaired) electrons. The maximum absolute atomic E-state index is 13.4. The maximum Gasteiger partial charge on any atom is 0.128 e. The van der Waals surface area contributed by atoms with Gasteiger partial charge >= 0.3 is 0 Å². The van der Waals surface area contributed by atoms with E-state index in [-0.39, 0.29) is 12.1 Å². The molecule has 0 saturated carbocycles. The second-order valence-corrected chi connectivity index (χ2v) is 4.48. The van der Waals surface area contributed by atoms with Crippen molar-refractivity contribution in [2.45, 2.75) is 6.54 Å². The van der Waals surface area contributed by atoms with Gasteiger partial charge in [-0.3, -0.25) is 0 Å².